The van der Waals surface area contributed by atoms with Gasteiger partial charge in [-0.3, -0.25) is 24.6 Å². The van der Waals surface area contributed by atoms with Crippen molar-refractivity contribution < 1.29 is 38.3 Å². The molecule has 13 nitrogen and oxygen atoms in total. The summed E-state index contributed by atoms with van der Waals surface area (Å²) in [6, 6.07) is 10.7. The summed E-state index contributed by atoms with van der Waals surface area (Å²) in [5.74, 6) is -1.38. The van der Waals surface area contributed by atoms with Crippen LogP contribution >= 0.6 is 0 Å². The molecule has 0 saturated carbocycles. The number of hydrogen-bond donors (Lipinski definition) is 1. The minimum atomic E-state index is -0.949. The van der Waals surface area contributed by atoms with Gasteiger partial charge in [0.1, 0.15) is 18.2 Å². The van der Waals surface area contributed by atoms with Gasteiger partial charge in [0.2, 0.25) is 5.91 Å². The Balaban J connectivity index is 1.46. The van der Waals surface area contributed by atoms with Gasteiger partial charge in [-0.15, -0.1) is 0 Å². The third kappa shape index (κ3) is 7.45. The number of rotatable bonds is 6. The molecule has 0 aromatic heterocycles. The van der Waals surface area contributed by atoms with E-state index in [1.165, 1.54) is 35.4 Å². The Morgan fingerprint density at radius 2 is 1.78 bits per heavy atom. The molecule has 4 rings (SSSR count). The van der Waals surface area contributed by atoms with Crippen LogP contribution in [0.1, 0.15) is 37.6 Å². The third-order valence-electron chi connectivity index (χ3n) is 6.21. The van der Waals surface area contributed by atoms with Crippen LogP contribution in [0.5, 0.6) is 0 Å². The maximum absolute atomic E-state index is 13.3. The van der Waals surface area contributed by atoms with E-state index in [4.69, 9.17) is 14.2 Å². The molecule has 0 spiro atoms. The van der Waals surface area contributed by atoms with E-state index < -0.39 is 34.5 Å². The van der Waals surface area contributed by atoms with Crippen molar-refractivity contribution in [3.63, 3.8) is 0 Å². The van der Waals surface area contributed by atoms with E-state index in [9.17, 15) is 29.3 Å². The fourth-order valence-corrected chi connectivity index (χ4v) is 4.25. The predicted octanol–water partition coefficient (Wildman–Crippen LogP) is 3.65. The first kappa shape index (κ1) is 29.2. The summed E-state index contributed by atoms with van der Waals surface area (Å²) >= 11 is 0. The second kappa shape index (κ2) is 12.2. The summed E-state index contributed by atoms with van der Waals surface area (Å²) in [7, 11) is 0. The largest absolute Gasteiger partial charge is 0.444 e. The molecule has 216 valence electrons. The van der Waals surface area contributed by atoms with Gasteiger partial charge in [0.15, 0.2) is 0 Å². The quantitative estimate of drug-likeness (QED) is 0.238. The standard InChI is InChI=1S/C28H30N4O9/c1-28(2,3)41-27(36)31-15-18(16-40-26(35)19-4-8-22(9-5-19)32(37)38)14-23(31)25(34)29-20-6-10-21(11-7-20)30-12-13-39-17-24(30)33/h4-11,16,23H,12-15,17H2,1-3H3,(H,29,34)/b18-16-/t23-/m1/s1. The van der Waals surface area contributed by atoms with E-state index in [-0.39, 0.29) is 36.7 Å². The minimum absolute atomic E-state index is 0.0136. The molecule has 0 radical (unpaired) electrons. The molecule has 2 saturated heterocycles. The first-order valence-electron chi connectivity index (χ1n) is 12.8. The molecule has 0 bridgehead atoms. The molecular weight excluding hydrogens is 536 g/mol. The van der Waals surface area contributed by atoms with Crippen LogP contribution in [0.2, 0.25) is 0 Å². The Morgan fingerprint density at radius 3 is 2.39 bits per heavy atom. The topological polar surface area (TPSA) is 158 Å². The summed E-state index contributed by atoms with van der Waals surface area (Å²) in [6.07, 6.45) is 0.561. The molecule has 2 aromatic rings. The van der Waals surface area contributed by atoms with Crippen LogP contribution in [0, 0.1) is 10.1 Å². The molecule has 2 heterocycles. The highest BCUT2D eigenvalue weighted by atomic mass is 16.6. The van der Waals surface area contributed by atoms with E-state index in [1.807, 2.05) is 0 Å². The van der Waals surface area contributed by atoms with Gasteiger partial charge in [0.05, 0.1) is 23.4 Å². The van der Waals surface area contributed by atoms with Crippen LogP contribution in [0.4, 0.5) is 21.9 Å². The van der Waals surface area contributed by atoms with Crippen molar-refractivity contribution >= 4 is 40.9 Å². The SMILES string of the molecule is CC(C)(C)OC(=O)N1C/C(=C\OC(=O)c2ccc([N+](=O)[O-])cc2)C[C@@H]1C(=O)Nc1ccc(N2CCOCC2=O)cc1. The molecule has 41 heavy (non-hydrogen) atoms. The van der Waals surface area contributed by atoms with E-state index in [0.717, 1.165) is 0 Å². The summed E-state index contributed by atoms with van der Waals surface area (Å²) in [6.45, 7) is 5.99. The highest BCUT2D eigenvalue weighted by Crippen LogP contribution is 2.27. The Bertz CT molecular complexity index is 1360. The monoisotopic (exact) mass is 566 g/mol. The van der Waals surface area contributed by atoms with Gasteiger partial charge >= 0.3 is 12.1 Å². The van der Waals surface area contributed by atoms with Crippen LogP contribution in [-0.4, -0.2) is 71.6 Å². The van der Waals surface area contributed by atoms with Crippen molar-refractivity contribution in [3.05, 3.63) is 76.0 Å². The number of nitro groups is 1. The number of carbonyl (C=O) groups excluding carboxylic acids is 4. The molecule has 3 amide bonds. The van der Waals surface area contributed by atoms with E-state index in [0.29, 0.717) is 30.1 Å². The molecule has 2 fully saturated rings. The number of esters is 1. The number of anilines is 2. The molecule has 0 aliphatic carbocycles. The minimum Gasteiger partial charge on any atom is -0.444 e. The van der Waals surface area contributed by atoms with Crippen LogP contribution in [0.3, 0.4) is 0 Å². The van der Waals surface area contributed by atoms with Gasteiger partial charge in [-0.1, -0.05) is 0 Å². The fourth-order valence-electron chi connectivity index (χ4n) is 4.25. The zero-order chi connectivity index (χ0) is 29.7. The number of hydrogen-bond acceptors (Lipinski definition) is 9. The molecule has 2 aliphatic rings. The lowest BCUT2D eigenvalue weighted by molar-refractivity contribution is -0.384. The first-order chi connectivity index (χ1) is 19.4. The molecule has 13 heteroatoms. The molecule has 2 aliphatic heterocycles. The number of benzene rings is 2. The average molecular weight is 567 g/mol. The Hall–Kier alpha value is -4.78. The summed E-state index contributed by atoms with van der Waals surface area (Å²) in [5, 5.41) is 13.6. The number of nitrogens with zero attached hydrogens (tertiary/aromatic N) is 3. The number of morpholine rings is 1. The summed E-state index contributed by atoms with van der Waals surface area (Å²) in [5.41, 5.74) is 0.762. The Labute approximate surface area is 235 Å². The molecule has 2 aromatic carbocycles. The normalized spacial score (nSPS) is 18.3. The maximum Gasteiger partial charge on any atom is 0.411 e. The average Bonchev–Trinajstić information content (AvgIpc) is 3.37. The molecule has 1 N–H and O–H groups in total. The number of nitro benzene ring substituents is 1. The number of likely N-dealkylation sites (tertiary alicyclic amines) is 1. The zero-order valence-corrected chi connectivity index (χ0v) is 22.8. The highest BCUT2D eigenvalue weighted by Gasteiger charge is 2.39. The predicted molar refractivity (Wildman–Crippen MR) is 146 cm³/mol. The fraction of sp³-hybridized carbons (Fsp3) is 0.357. The van der Waals surface area contributed by atoms with Crippen LogP contribution in [0.25, 0.3) is 0 Å². The van der Waals surface area contributed by atoms with Gasteiger partial charge in [-0.2, -0.15) is 0 Å². The van der Waals surface area contributed by atoms with Crippen molar-refractivity contribution in [1.82, 2.24) is 4.90 Å². The van der Waals surface area contributed by atoms with Gasteiger partial charge in [-0.05, 0) is 62.7 Å². The number of non-ortho nitro benzene ring substituents is 1. The van der Waals surface area contributed by atoms with Gasteiger partial charge in [0, 0.05) is 43.0 Å². The molecule has 1 atom stereocenters. The molecule has 0 unspecified atom stereocenters. The summed E-state index contributed by atoms with van der Waals surface area (Å²) < 4.78 is 15.9. The lowest BCUT2D eigenvalue weighted by atomic mass is 10.1. The van der Waals surface area contributed by atoms with Crippen LogP contribution < -0.4 is 10.2 Å². The Kier molecular flexibility index (Phi) is 8.67. The lowest BCUT2D eigenvalue weighted by Crippen LogP contribution is -2.45. The van der Waals surface area contributed by atoms with Crippen LogP contribution in [0.15, 0.2) is 60.4 Å². The van der Waals surface area contributed by atoms with Crippen molar-refractivity contribution in [3.8, 4) is 0 Å². The van der Waals surface area contributed by atoms with Crippen molar-refractivity contribution in [2.75, 3.05) is 36.5 Å². The summed E-state index contributed by atoms with van der Waals surface area (Å²) in [4.78, 5) is 63.9. The first-order valence-corrected chi connectivity index (χ1v) is 12.8. The number of amides is 3. The number of nitrogens with one attached hydrogen (secondary N) is 1. The lowest BCUT2D eigenvalue weighted by Gasteiger charge is -2.28. The maximum atomic E-state index is 13.3. The third-order valence-corrected chi connectivity index (χ3v) is 6.21. The second-order valence-corrected chi connectivity index (χ2v) is 10.4. The van der Waals surface area contributed by atoms with E-state index >= 15 is 0 Å². The Morgan fingerprint density at radius 1 is 1.10 bits per heavy atom. The van der Waals surface area contributed by atoms with Gasteiger partial charge < -0.3 is 24.4 Å². The highest BCUT2D eigenvalue weighted by molar-refractivity contribution is 5.98. The van der Waals surface area contributed by atoms with E-state index in [2.05, 4.69) is 5.32 Å². The van der Waals surface area contributed by atoms with Crippen molar-refractivity contribution in [1.29, 1.82) is 0 Å². The second-order valence-electron chi connectivity index (χ2n) is 10.4. The zero-order valence-electron chi connectivity index (χ0n) is 22.8. The van der Waals surface area contributed by atoms with Crippen LogP contribution in [-0.2, 0) is 23.8 Å². The molecular formula is C28H30N4O9. The van der Waals surface area contributed by atoms with Crippen molar-refractivity contribution in [2.24, 2.45) is 0 Å². The van der Waals surface area contributed by atoms with Gasteiger partial charge in [-0.25, -0.2) is 9.59 Å². The smallest absolute Gasteiger partial charge is 0.411 e. The van der Waals surface area contributed by atoms with Crippen molar-refractivity contribution in [2.45, 2.75) is 38.8 Å². The van der Waals surface area contributed by atoms with E-state index in [1.54, 1.807) is 49.9 Å². The van der Waals surface area contributed by atoms with Gasteiger partial charge in [0.25, 0.3) is 11.6 Å². The number of ether oxygens (including phenoxy) is 3. The number of carbonyl (C=O) groups is 4.